The molecule has 0 spiro atoms. The first-order chi connectivity index (χ1) is 9.99. The van der Waals surface area contributed by atoms with Crippen LogP contribution in [0.3, 0.4) is 0 Å². The van der Waals surface area contributed by atoms with Crippen molar-refractivity contribution in [3.8, 4) is 0 Å². The highest BCUT2D eigenvalue weighted by atomic mass is 35.5. The first-order valence-corrected chi connectivity index (χ1v) is 11.5. The molecule has 21 heavy (non-hydrogen) atoms. The molecule has 0 N–H and O–H groups in total. The van der Waals surface area contributed by atoms with Gasteiger partial charge in [0.05, 0.1) is 18.0 Å². The van der Waals surface area contributed by atoms with E-state index < -0.39 is 11.5 Å². The van der Waals surface area contributed by atoms with E-state index in [0.29, 0.717) is 28.5 Å². The molecule has 1 unspecified atom stereocenters. The second-order valence-electron chi connectivity index (χ2n) is 3.95. The summed E-state index contributed by atoms with van der Waals surface area (Å²) in [6.45, 7) is 4.08. The second-order valence-corrected chi connectivity index (χ2v) is 12.0. The lowest BCUT2D eigenvalue weighted by molar-refractivity contribution is 0.357. The van der Waals surface area contributed by atoms with Gasteiger partial charge in [0.15, 0.2) is 5.58 Å². The Kier molecular flexibility index (Phi) is 5.91. The summed E-state index contributed by atoms with van der Waals surface area (Å²) in [5.41, 5.74) is 1.05. The summed E-state index contributed by atoms with van der Waals surface area (Å²) in [4.78, 5) is 11.9. The number of fused-ring (bicyclic) bond motifs is 1. The number of oxazole rings is 1. The Labute approximate surface area is 135 Å². The molecule has 5 nitrogen and oxygen atoms in total. The van der Waals surface area contributed by atoms with Gasteiger partial charge in [-0.15, -0.1) is 0 Å². The lowest BCUT2D eigenvalue weighted by atomic mass is 10.3. The van der Waals surface area contributed by atoms with Crippen LogP contribution in [0.2, 0.25) is 5.02 Å². The molecule has 1 atom stereocenters. The molecule has 0 aliphatic carbocycles. The van der Waals surface area contributed by atoms with Crippen LogP contribution >= 0.6 is 40.1 Å². The third kappa shape index (κ3) is 4.11. The van der Waals surface area contributed by atoms with Crippen LogP contribution in [0.25, 0.3) is 11.1 Å². The molecule has 1 aromatic carbocycles. The molecule has 0 bridgehead atoms. The Morgan fingerprint density at radius 1 is 1.38 bits per heavy atom. The maximum Gasteiger partial charge on any atom is 0.420 e. The Hall–Kier alpha value is -0.330. The minimum absolute atomic E-state index is 0.206. The Morgan fingerprint density at radius 2 is 2.14 bits per heavy atom. The zero-order valence-corrected chi connectivity index (χ0v) is 14.9. The molecule has 0 aliphatic rings. The molecule has 0 radical (unpaired) electrons. The summed E-state index contributed by atoms with van der Waals surface area (Å²) in [6.07, 6.45) is 0. The monoisotopic (exact) mass is 367 g/mol. The second kappa shape index (κ2) is 7.29. The highest BCUT2D eigenvalue weighted by Crippen LogP contribution is 2.70. The molecule has 0 aliphatic heterocycles. The molecule has 1 aromatic heterocycles. The minimum Gasteiger partial charge on any atom is -0.408 e. The lowest BCUT2D eigenvalue weighted by Gasteiger charge is -2.15. The van der Waals surface area contributed by atoms with E-state index in [2.05, 4.69) is 0 Å². The molecule has 9 heteroatoms. The summed E-state index contributed by atoms with van der Waals surface area (Å²) in [5.74, 6) is -2.47. The first kappa shape index (κ1) is 17.0. The van der Waals surface area contributed by atoms with Gasteiger partial charge in [-0.05, 0) is 30.4 Å². The van der Waals surface area contributed by atoms with E-state index in [0.717, 1.165) is 11.4 Å². The highest BCUT2D eigenvalue weighted by Gasteiger charge is 2.24. The minimum atomic E-state index is -2.86. The first-order valence-electron chi connectivity index (χ1n) is 6.31. The van der Waals surface area contributed by atoms with E-state index in [1.807, 2.05) is 6.92 Å². The average molecular weight is 368 g/mol. The van der Waals surface area contributed by atoms with Crippen LogP contribution in [-0.2, 0) is 15.0 Å². The number of nitrogens with zero attached hydrogens (tertiary/aromatic N) is 1. The molecule has 0 saturated carbocycles. The highest BCUT2D eigenvalue weighted by molar-refractivity contribution is 8.89. The number of hydrogen-bond donors (Lipinski definition) is 0. The zero-order valence-electron chi connectivity index (χ0n) is 11.6. The fourth-order valence-electron chi connectivity index (χ4n) is 1.72. The van der Waals surface area contributed by atoms with Crippen molar-refractivity contribution in [2.45, 2.75) is 19.7 Å². The van der Waals surface area contributed by atoms with Crippen molar-refractivity contribution in [3.63, 3.8) is 0 Å². The van der Waals surface area contributed by atoms with Crippen LogP contribution in [0.15, 0.2) is 27.4 Å². The number of rotatable bonds is 7. The predicted octanol–water partition coefficient (Wildman–Crippen LogP) is 4.84. The zero-order chi connectivity index (χ0) is 15.5. The van der Waals surface area contributed by atoms with Crippen molar-refractivity contribution in [2.24, 2.45) is 0 Å². The van der Waals surface area contributed by atoms with E-state index >= 15 is 0 Å². The molecular formula is C12H15ClNO4PS2. The summed E-state index contributed by atoms with van der Waals surface area (Å²) in [5, 5.41) is 0.498. The Morgan fingerprint density at radius 3 is 2.81 bits per heavy atom. The van der Waals surface area contributed by atoms with Gasteiger partial charge in [-0.25, -0.2) is 4.79 Å². The largest absolute Gasteiger partial charge is 0.420 e. The van der Waals surface area contributed by atoms with Crippen LogP contribution in [0.1, 0.15) is 13.8 Å². The normalized spacial score (nSPS) is 14.4. The van der Waals surface area contributed by atoms with Crippen molar-refractivity contribution in [1.29, 1.82) is 0 Å². The van der Waals surface area contributed by atoms with Gasteiger partial charge in [0.1, 0.15) is 0 Å². The van der Waals surface area contributed by atoms with Crippen LogP contribution in [-0.4, -0.2) is 16.9 Å². The topological polar surface area (TPSA) is 61.4 Å². The fourth-order valence-corrected chi connectivity index (χ4v) is 8.30. The summed E-state index contributed by atoms with van der Waals surface area (Å²) in [6, 6.07) is 4.98. The molecule has 0 saturated heterocycles. The summed E-state index contributed by atoms with van der Waals surface area (Å²) < 4.78 is 24.5. The van der Waals surface area contributed by atoms with Gasteiger partial charge in [-0.2, -0.15) is 0 Å². The van der Waals surface area contributed by atoms with E-state index in [1.165, 1.54) is 15.9 Å². The molecular weight excluding hydrogens is 353 g/mol. The number of hydrogen-bond acceptors (Lipinski definition) is 6. The number of halogens is 1. The van der Waals surface area contributed by atoms with Gasteiger partial charge in [-0.1, -0.05) is 29.9 Å². The van der Waals surface area contributed by atoms with Gasteiger partial charge in [0, 0.05) is 16.8 Å². The van der Waals surface area contributed by atoms with E-state index in [-0.39, 0.29) is 5.88 Å². The molecule has 2 rings (SSSR count). The van der Waals surface area contributed by atoms with E-state index in [4.69, 9.17) is 20.5 Å². The summed E-state index contributed by atoms with van der Waals surface area (Å²) in [7, 11) is 0. The van der Waals surface area contributed by atoms with Crippen molar-refractivity contribution >= 4 is 51.2 Å². The molecule has 116 valence electrons. The van der Waals surface area contributed by atoms with Crippen LogP contribution in [0.5, 0.6) is 0 Å². The number of benzene rings is 1. The van der Waals surface area contributed by atoms with Gasteiger partial charge < -0.3 is 8.94 Å². The van der Waals surface area contributed by atoms with Gasteiger partial charge in [0.2, 0.25) is 0 Å². The standard InChI is InChI=1S/C12H15ClNO4PS2/c1-3-17-19(16,20-4-2)21-8-14-10-6-5-9(13)7-11(10)18-12(14)15/h5-7H,3-4,8H2,1-2H3. The van der Waals surface area contributed by atoms with Gasteiger partial charge >= 0.3 is 11.5 Å². The van der Waals surface area contributed by atoms with Crippen molar-refractivity contribution in [1.82, 2.24) is 4.57 Å². The van der Waals surface area contributed by atoms with E-state index in [9.17, 15) is 9.36 Å². The number of aromatic nitrogens is 1. The van der Waals surface area contributed by atoms with Crippen molar-refractivity contribution < 1.29 is 13.5 Å². The molecule has 1 heterocycles. The smallest absolute Gasteiger partial charge is 0.408 e. The predicted molar refractivity (Wildman–Crippen MR) is 90.4 cm³/mol. The third-order valence-corrected chi connectivity index (χ3v) is 10.2. The third-order valence-electron chi connectivity index (χ3n) is 2.55. The average Bonchev–Trinajstić information content (AvgIpc) is 2.71. The van der Waals surface area contributed by atoms with Gasteiger partial charge in [0.25, 0.3) is 0 Å². The lowest BCUT2D eigenvalue weighted by Crippen LogP contribution is -2.12. The maximum atomic E-state index is 12.5. The van der Waals surface area contributed by atoms with E-state index in [1.54, 1.807) is 25.1 Å². The SMILES string of the molecule is CCOP(=O)(SCC)SCn1c(=O)oc2cc(Cl)ccc21. The molecule has 0 fully saturated rings. The molecule has 0 amide bonds. The molecule has 2 aromatic rings. The Bertz CT molecular complexity index is 720. The van der Waals surface area contributed by atoms with Crippen molar-refractivity contribution in [2.75, 3.05) is 12.4 Å². The quantitative estimate of drug-likeness (QED) is 0.653. The summed E-state index contributed by atoms with van der Waals surface area (Å²) >= 11 is 8.27. The van der Waals surface area contributed by atoms with Crippen LogP contribution in [0, 0.1) is 0 Å². The van der Waals surface area contributed by atoms with Gasteiger partial charge in [-0.3, -0.25) is 9.13 Å². The van der Waals surface area contributed by atoms with Crippen LogP contribution < -0.4 is 5.76 Å². The van der Waals surface area contributed by atoms with Crippen molar-refractivity contribution in [3.05, 3.63) is 33.8 Å². The fraction of sp³-hybridized carbons (Fsp3) is 0.417. The Balaban J connectivity index is 2.25. The van der Waals surface area contributed by atoms with Crippen LogP contribution in [0.4, 0.5) is 0 Å². The maximum absolute atomic E-state index is 12.5.